The summed E-state index contributed by atoms with van der Waals surface area (Å²) in [5.74, 6) is -2.05. The van der Waals surface area contributed by atoms with Gasteiger partial charge < -0.3 is 4.74 Å². The average molecular weight is 303 g/mol. The summed E-state index contributed by atoms with van der Waals surface area (Å²) < 4.78 is 43.2. The second-order valence-corrected chi connectivity index (χ2v) is 4.45. The minimum absolute atomic E-state index is 0.0802. The molecule has 0 fully saturated rings. The molecule has 0 unspecified atom stereocenters. The van der Waals surface area contributed by atoms with Crippen molar-refractivity contribution in [1.82, 2.24) is 0 Å². The van der Waals surface area contributed by atoms with Crippen LogP contribution in [0.1, 0.15) is 17.3 Å². The second-order valence-electron chi connectivity index (χ2n) is 4.04. The summed E-state index contributed by atoms with van der Waals surface area (Å²) in [5, 5.41) is 1.00. The van der Waals surface area contributed by atoms with E-state index < -0.39 is 17.5 Å². The molecule has 106 valence electrons. The zero-order valence-electron chi connectivity index (χ0n) is 10.4. The Balaban J connectivity index is 2.77. The first kappa shape index (κ1) is 14.7. The number of alkyl halides is 3. The summed E-state index contributed by atoms with van der Waals surface area (Å²) in [4.78, 5) is 11.5. The topological polar surface area (TPSA) is 26.3 Å². The van der Waals surface area contributed by atoms with Gasteiger partial charge in [0, 0.05) is 15.8 Å². The summed E-state index contributed by atoms with van der Waals surface area (Å²) in [6, 6.07) is 7.57. The van der Waals surface area contributed by atoms with Crippen molar-refractivity contribution >= 4 is 28.2 Å². The first-order chi connectivity index (χ1) is 9.36. The Morgan fingerprint density at radius 1 is 1.25 bits per heavy atom. The number of carbonyl (C=O) groups excluding carboxylic acids is 1. The van der Waals surface area contributed by atoms with Crippen molar-refractivity contribution in [3.63, 3.8) is 0 Å². The Kier molecular flexibility index (Phi) is 3.90. The number of benzene rings is 2. The van der Waals surface area contributed by atoms with E-state index in [4.69, 9.17) is 16.3 Å². The number of ketones is 1. The van der Waals surface area contributed by atoms with E-state index in [0.29, 0.717) is 10.8 Å². The molecule has 0 bridgehead atoms. The van der Waals surface area contributed by atoms with Crippen LogP contribution in [0, 0.1) is 0 Å². The predicted molar refractivity (Wildman–Crippen MR) is 70.5 cm³/mol. The maximum Gasteiger partial charge on any atom is 0.455 e. The highest BCUT2D eigenvalue weighted by Crippen LogP contribution is 2.38. The third kappa shape index (κ3) is 2.58. The van der Waals surface area contributed by atoms with Crippen molar-refractivity contribution < 1.29 is 22.7 Å². The molecule has 0 N–H and O–H groups in total. The molecule has 2 aromatic carbocycles. The highest BCUT2D eigenvalue weighted by atomic mass is 35.5. The van der Waals surface area contributed by atoms with Crippen molar-refractivity contribution in [2.24, 2.45) is 0 Å². The number of rotatable bonds is 3. The van der Waals surface area contributed by atoms with E-state index in [1.54, 1.807) is 31.2 Å². The maximum atomic E-state index is 12.6. The molecule has 0 radical (unpaired) electrons. The van der Waals surface area contributed by atoms with Gasteiger partial charge in [-0.3, -0.25) is 4.79 Å². The fourth-order valence-corrected chi connectivity index (χ4v) is 2.20. The Morgan fingerprint density at radius 2 is 1.85 bits per heavy atom. The quantitative estimate of drug-likeness (QED) is 0.772. The highest BCUT2D eigenvalue weighted by Gasteiger charge is 2.41. The van der Waals surface area contributed by atoms with Gasteiger partial charge in [-0.2, -0.15) is 13.2 Å². The van der Waals surface area contributed by atoms with E-state index in [1.165, 1.54) is 0 Å². The van der Waals surface area contributed by atoms with Crippen molar-refractivity contribution in [2.45, 2.75) is 13.1 Å². The number of hydrogen-bond donors (Lipinski definition) is 0. The Bertz CT molecular complexity index is 665. The number of fused-ring (bicyclic) bond motifs is 1. The van der Waals surface area contributed by atoms with E-state index in [1.807, 2.05) is 0 Å². The van der Waals surface area contributed by atoms with Crippen LogP contribution in [0.2, 0.25) is 5.02 Å². The van der Waals surface area contributed by atoms with E-state index >= 15 is 0 Å². The molecule has 20 heavy (non-hydrogen) atoms. The van der Waals surface area contributed by atoms with Crippen LogP contribution in [-0.2, 0) is 0 Å². The molecule has 0 atom stereocenters. The number of Topliss-reactive ketones (excluding diaryl/α,β-unsaturated/α-hetero) is 1. The molecule has 0 amide bonds. The van der Waals surface area contributed by atoms with Crippen LogP contribution in [-0.4, -0.2) is 18.6 Å². The van der Waals surface area contributed by atoms with Gasteiger partial charge >= 0.3 is 6.18 Å². The van der Waals surface area contributed by atoms with Gasteiger partial charge in [0.15, 0.2) is 0 Å². The normalized spacial score (nSPS) is 11.7. The van der Waals surface area contributed by atoms with Crippen molar-refractivity contribution in [2.75, 3.05) is 6.61 Å². The monoisotopic (exact) mass is 302 g/mol. The molecular weight excluding hydrogens is 293 g/mol. The standard InChI is InChI=1S/C14H10ClF3O2/c1-2-20-12-9-6-4-3-5-8(9)11(15)7-10(12)13(19)14(16,17)18/h3-7H,2H2,1H3. The number of halogens is 4. The molecule has 0 aliphatic rings. The summed E-state index contributed by atoms with van der Waals surface area (Å²) in [6.45, 7) is 1.77. The lowest BCUT2D eigenvalue weighted by atomic mass is 10.0. The first-order valence-electron chi connectivity index (χ1n) is 5.81. The minimum Gasteiger partial charge on any atom is -0.492 e. The largest absolute Gasteiger partial charge is 0.492 e. The SMILES string of the molecule is CCOc1c(C(=O)C(F)(F)F)cc(Cl)c2ccccc12. The number of carbonyl (C=O) groups is 1. The van der Waals surface area contributed by atoms with Gasteiger partial charge in [-0.05, 0) is 13.0 Å². The van der Waals surface area contributed by atoms with E-state index in [0.717, 1.165) is 6.07 Å². The smallest absolute Gasteiger partial charge is 0.455 e. The van der Waals surface area contributed by atoms with Crippen LogP contribution in [0.25, 0.3) is 10.8 Å². The van der Waals surface area contributed by atoms with Gasteiger partial charge in [0.2, 0.25) is 0 Å². The summed E-state index contributed by atoms with van der Waals surface area (Å²) in [5.41, 5.74) is -0.567. The lowest BCUT2D eigenvalue weighted by Crippen LogP contribution is -2.23. The van der Waals surface area contributed by atoms with Gasteiger partial charge in [0.25, 0.3) is 5.78 Å². The fourth-order valence-electron chi connectivity index (χ4n) is 1.93. The third-order valence-corrected chi connectivity index (χ3v) is 3.05. The molecular formula is C14H10ClF3O2. The van der Waals surface area contributed by atoms with Crippen LogP contribution >= 0.6 is 11.6 Å². The molecule has 0 aliphatic carbocycles. The minimum atomic E-state index is -4.97. The van der Waals surface area contributed by atoms with Crippen molar-refractivity contribution in [3.8, 4) is 5.75 Å². The van der Waals surface area contributed by atoms with Crippen LogP contribution in [0.3, 0.4) is 0 Å². The van der Waals surface area contributed by atoms with Gasteiger partial charge in [-0.15, -0.1) is 0 Å². The van der Waals surface area contributed by atoms with E-state index in [2.05, 4.69) is 0 Å². The molecule has 0 aliphatic heterocycles. The lowest BCUT2D eigenvalue weighted by molar-refractivity contribution is -0.0886. The predicted octanol–water partition coefficient (Wildman–Crippen LogP) is 4.64. The van der Waals surface area contributed by atoms with Crippen LogP contribution < -0.4 is 4.74 Å². The molecule has 0 saturated heterocycles. The van der Waals surface area contributed by atoms with E-state index in [9.17, 15) is 18.0 Å². The molecule has 2 rings (SSSR count). The summed E-state index contributed by atoms with van der Waals surface area (Å²) >= 11 is 5.95. The zero-order valence-corrected chi connectivity index (χ0v) is 11.2. The van der Waals surface area contributed by atoms with Gasteiger partial charge in [0.05, 0.1) is 12.2 Å². The van der Waals surface area contributed by atoms with Crippen molar-refractivity contribution in [3.05, 3.63) is 40.9 Å². The number of ether oxygens (including phenoxy) is 1. The molecule has 2 aromatic rings. The maximum absolute atomic E-state index is 12.6. The molecule has 0 heterocycles. The van der Waals surface area contributed by atoms with Gasteiger partial charge in [-0.1, -0.05) is 35.9 Å². The Hall–Kier alpha value is -1.75. The number of hydrogen-bond acceptors (Lipinski definition) is 2. The fraction of sp³-hybridized carbons (Fsp3) is 0.214. The zero-order chi connectivity index (χ0) is 14.9. The van der Waals surface area contributed by atoms with E-state index in [-0.39, 0.29) is 17.4 Å². The van der Waals surface area contributed by atoms with Crippen molar-refractivity contribution in [1.29, 1.82) is 0 Å². The first-order valence-corrected chi connectivity index (χ1v) is 6.19. The summed E-state index contributed by atoms with van der Waals surface area (Å²) in [6.07, 6.45) is -4.97. The highest BCUT2D eigenvalue weighted by molar-refractivity contribution is 6.36. The third-order valence-electron chi connectivity index (χ3n) is 2.74. The van der Waals surface area contributed by atoms with Crippen LogP contribution in [0.15, 0.2) is 30.3 Å². The molecule has 0 saturated carbocycles. The second kappa shape index (κ2) is 5.32. The molecule has 6 heteroatoms. The van der Waals surface area contributed by atoms with Crippen LogP contribution in [0.4, 0.5) is 13.2 Å². The molecule has 0 spiro atoms. The Labute approximate surface area is 118 Å². The lowest BCUT2D eigenvalue weighted by Gasteiger charge is -2.15. The molecule has 0 aromatic heterocycles. The van der Waals surface area contributed by atoms with Gasteiger partial charge in [0.1, 0.15) is 5.75 Å². The van der Waals surface area contributed by atoms with Crippen LogP contribution in [0.5, 0.6) is 5.75 Å². The molecule has 2 nitrogen and oxygen atoms in total. The Morgan fingerprint density at radius 3 is 2.40 bits per heavy atom. The average Bonchev–Trinajstić information content (AvgIpc) is 2.40. The van der Waals surface area contributed by atoms with Gasteiger partial charge in [-0.25, -0.2) is 0 Å². The summed E-state index contributed by atoms with van der Waals surface area (Å²) in [7, 11) is 0.